The SMILES string of the molecule is CC[n+]1ccccc1C(OCC(COC(=O)NCc1cccc(S(=O)(=O)NCC2CCCCC2)c1)OC)N(C=O)C(=O)c1ccccc1OC.[Cl-]. The van der Waals surface area contributed by atoms with E-state index in [2.05, 4.69) is 10.0 Å². The van der Waals surface area contributed by atoms with Crippen molar-refractivity contribution in [3.05, 3.63) is 89.7 Å². The number of sulfonamides is 1. The van der Waals surface area contributed by atoms with Crippen LogP contribution in [-0.2, 0) is 42.1 Å². The van der Waals surface area contributed by atoms with Gasteiger partial charge in [0.2, 0.25) is 28.4 Å². The number of nitrogens with zero attached hydrogens (tertiary/aromatic N) is 2. The van der Waals surface area contributed by atoms with Crippen LogP contribution in [0.2, 0.25) is 0 Å². The number of amides is 3. The number of carbonyl (C=O) groups excluding carboxylic acids is 3. The zero-order valence-electron chi connectivity index (χ0n) is 29.2. The Morgan fingerprint density at radius 1 is 1.00 bits per heavy atom. The first-order valence-corrected chi connectivity index (χ1v) is 18.2. The molecule has 1 fully saturated rings. The van der Waals surface area contributed by atoms with Crippen molar-refractivity contribution in [3.63, 3.8) is 0 Å². The highest BCUT2D eigenvalue weighted by molar-refractivity contribution is 7.89. The molecule has 0 saturated heterocycles. The fraction of sp³-hybridized carbons (Fsp3) is 0.444. The standard InChI is InChI=1S/C36H46N4O9S.ClH/c1-4-39-20-11-10-18-32(39)35(40(26-41)34(42)31-17-8-9-19-33(31)47-3)48-24-29(46-2)25-49-36(43)37-22-28-15-12-16-30(21-28)50(44,45)38-23-27-13-6-5-7-14-27;/h8-12,15-21,26-27,29,35,38H,4-7,13-14,22-25H2,1-3H3;1H. The second-order valence-electron chi connectivity index (χ2n) is 11.9. The molecule has 1 aliphatic carbocycles. The van der Waals surface area contributed by atoms with Gasteiger partial charge in [-0.05, 0) is 61.6 Å². The maximum atomic E-state index is 13.6. The number of aromatic nitrogens is 1. The van der Waals surface area contributed by atoms with Gasteiger partial charge in [0, 0.05) is 32.3 Å². The number of ether oxygens (including phenoxy) is 4. The summed E-state index contributed by atoms with van der Waals surface area (Å²) in [7, 11) is -0.838. The van der Waals surface area contributed by atoms with Crippen LogP contribution in [0, 0.1) is 5.92 Å². The highest BCUT2D eigenvalue weighted by atomic mass is 35.5. The summed E-state index contributed by atoms with van der Waals surface area (Å²) >= 11 is 0. The number of imide groups is 1. The number of nitrogens with one attached hydrogen (secondary N) is 2. The molecule has 3 aromatic rings. The first kappa shape index (κ1) is 41.3. The molecule has 0 radical (unpaired) electrons. The number of rotatable bonds is 18. The maximum absolute atomic E-state index is 13.6. The Kier molecular flexibility index (Phi) is 16.8. The van der Waals surface area contributed by atoms with Gasteiger partial charge < -0.3 is 36.7 Å². The Morgan fingerprint density at radius 3 is 2.45 bits per heavy atom. The number of hydrogen-bond acceptors (Lipinski definition) is 9. The minimum atomic E-state index is -3.70. The van der Waals surface area contributed by atoms with Crippen molar-refractivity contribution in [1.82, 2.24) is 14.9 Å². The quantitative estimate of drug-likeness (QED) is 0.111. The minimum Gasteiger partial charge on any atom is -1.00 e. The van der Waals surface area contributed by atoms with Gasteiger partial charge in [0.15, 0.2) is 6.20 Å². The van der Waals surface area contributed by atoms with Gasteiger partial charge in [-0.2, -0.15) is 4.57 Å². The summed E-state index contributed by atoms with van der Waals surface area (Å²) in [5, 5.41) is 2.63. The van der Waals surface area contributed by atoms with E-state index < -0.39 is 34.4 Å². The highest BCUT2D eigenvalue weighted by Gasteiger charge is 2.34. The fourth-order valence-corrected chi connectivity index (χ4v) is 6.97. The van der Waals surface area contributed by atoms with E-state index in [1.807, 2.05) is 23.8 Å². The van der Waals surface area contributed by atoms with E-state index in [4.69, 9.17) is 18.9 Å². The third-order valence-corrected chi connectivity index (χ3v) is 10.0. The molecule has 1 saturated carbocycles. The van der Waals surface area contributed by atoms with Crippen LogP contribution < -0.4 is 31.7 Å². The number of carbonyl (C=O) groups is 3. The molecule has 0 aliphatic heterocycles. The summed E-state index contributed by atoms with van der Waals surface area (Å²) in [6, 6.07) is 18.3. The van der Waals surface area contributed by atoms with Crippen molar-refractivity contribution in [2.75, 3.05) is 34.0 Å². The Labute approximate surface area is 306 Å². The summed E-state index contributed by atoms with van der Waals surface area (Å²) in [4.78, 5) is 39.8. The Morgan fingerprint density at radius 2 is 1.75 bits per heavy atom. The number of methoxy groups -OCH3 is 2. The Hall–Kier alpha value is -4.08. The first-order valence-electron chi connectivity index (χ1n) is 16.7. The third-order valence-electron chi connectivity index (χ3n) is 8.61. The van der Waals surface area contributed by atoms with E-state index in [1.165, 1.54) is 32.8 Å². The largest absolute Gasteiger partial charge is 1.00 e. The molecule has 2 N–H and O–H groups in total. The van der Waals surface area contributed by atoms with E-state index in [-0.39, 0.29) is 42.6 Å². The number of hydrogen-bond donors (Lipinski definition) is 2. The lowest BCUT2D eigenvalue weighted by Crippen LogP contribution is -3.00. The normalized spacial score (nSPS) is 14.4. The molecule has 2 aromatic carbocycles. The van der Waals surface area contributed by atoms with Crippen LogP contribution in [-0.4, -0.2) is 71.8 Å². The molecule has 0 bridgehead atoms. The van der Waals surface area contributed by atoms with Gasteiger partial charge in [-0.1, -0.05) is 43.5 Å². The Bertz CT molecular complexity index is 1690. The second kappa shape index (κ2) is 20.7. The number of alkyl carbamates (subject to hydrolysis) is 1. The van der Waals surface area contributed by atoms with Crippen molar-refractivity contribution >= 4 is 28.4 Å². The summed E-state index contributed by atoms with van der Waals surface area (Å²) in [5.74, 6) is 0.0186. The number of benzene rings is 2. The molecule has 0 spiro atoms. The molecule has 3 amide bonds. The van der Waals surface area contributed by atoms with Crippen LogP contribution >= 0.6 is 0 Å². The van der Waals surface area contributed by atoms with Gasteiger partial charge in [-0.25, -0.2) is 22.8 Å². The molecule has 278 valence electrons. The zero-order chi connectivity index (χ0) is 35.9. The molecule has 1 aromatic heterocycles. The third kappa shape index (κ3) is 11.7. The maximum Gasteiger partial charge on any atom is 0.407 e. The highest BCUT2D eigenvalue weighted by Crippen LogP contribution is 2.26. The predicted octanol–water partition coefficient (Wildman–Crippen LogP) is 1.12. The van der Waals surface area contributed by atoms with Crippen LogP contribution in [0.1, 0.15) is 66.9 Å². The van der Waals surface area contributed by atoms with Gasteiger partial charge in [-0.15, -0.1) is 0 Å². The van der Waals surface area contributed by atoms with E-state index in [0.717, 1.165) is 30.6 Å². The van der Waals surface area contributed by atoms with Crippen LogP contribution in [0.25, 0.3) is 0 Å². The molecule has 51 heavy (non-hydrogen) atoms. The lowest BCUT2D eigenvalue weighted by atomic mass is 9.90. The Balaban J connectivity index is 0.00000702. The van der Waals surface area contributed by atoms with E-state index in [9.17, 15) is 22.8 Å². The van der Waals surface area contributed by atoms with E-state index in [1.54, 1.807) is 48.5 Å². The summed E-state index contributed by atoms with van der Waals surface area (Å²) < 4.78 is 52.8. The molecular formula is C36H47ClN4O9S. The van der Waals surface area contributed by atoms with Gasteiger partial charge >= 0.3 is 6.09 Å². The smallest absolute Gasteiger partial charge is 0.407 e. The molecular weight excluding hydrogens is 700 g/mol. The molecule has 2 atom stereocenters. The number of halogens is 1. The summed E-state index contributed by atoms with van der Waals surface area (Å²) in [5.41, 5.74) is 1.29. The van der Waals surface area contributed by atoms with E-state index in [0.29, 0.717) is 42.4 Å². The van der Waals surface area contributed by atoms with Gasteiger partial charge in [0.1, 0.15) is 25.0 Å². The number of aryl methyl sites for hydroxylation is 1. The van der Waals surface area contributed by atoms with Crippen molar-refractivity contribution < 1.29 is 58.7 Å². The van der Waals surface area contributed by atoms with Crippen molar-refractivity contribution in [2.24, 2.45) is 5.92 Å². The van der Waals surface area contributed by atoms with Crippen LogP contribution in [0.4, 0.5) is 4.79 Å². The van der Waals surface area contributed by atoms with Gasteiger partial charge in [0.05, 0.1) is 24.2 Å². The average Bonchev–Trinajstić information content (AvgIpc) is 3.16. The molecule has 4 rings (SSSR count). The average molecular weight is 747 g/mol. The van der Waals surface area contributed by atoms with Gasteiger partial charge in [0.25, 0.3) is 5.91 Å². The van der Waals surface area contributed by atoms with Crippen LogP contribution in [0.3, 0.4) is 0 Å². The topological polar surface area (TPSA) is 153 Å². The lowest BCUT2D eigenvalue weighted by Gasteiger charge is -2.27. The minimum absolute atomic E-state index is 0. The van der Waals surface area contributed by atoms with Gasteiger partial charge in [-0.3, -0.25) is 9.59 Å². The van der Waals surface area contributed by atoms with Crippen molar-refractivity contribution in [3.8, 4) is 5.75 Å². The summed E-state index contributed by atoms with van der Waals surface area (Å²) in [6.07, 6.45) is 5.05. The van der Waals surface area contributed by atoms with E-state index >= 15 is 0 Å². The van der Waals surface area contributed by atoms with Crippen molar-refractivity contribution in [2.45, 2.75) is 69.3 Å². The molecule has 13 nitrogen and oxygen atoms in total. The molecule has 1 heterocycles. The van der Waals surface area contributed by atoms with Crippen LogP contribution in [0.5, 0.6) is 5.75 Å². The first-order chi connectivity index (χ1) is 24.2. The lowest BCUT2D eigenvalue weighted by molar-refractivity contribution is -0.705. The molecule has 1 aliphatic rings. The molecule has 15 heteroatoms. The number of para-hydroxylation sites is 1. The van der Waals surface area contributed by atoms with Crippen molar-refractivity contribution in [1.29, 1.82) is 0 Å². The fourth-order valence-electron chi connectivity index (χ4n) is 5.78. The molecule has 2 unspecified atom stereocenters. The number of pyridine rings is 1. The zero-order valence-corrected chi connectivity index (χ0v) is 30.7. The predicted molar refractivity (Wildman–Crippen MR) is 183 cm³/mol. The second-order valence-corrected chi connectivity index (χ2v) is 13.7. The van der Waals surface area contributed by atoms with Crippen LogP contribution in [0.15, 0.2) is 77.8 Å². The monoisotopic (exact) mass is 746 g/mol. The summed E-state index contributed by atoms with van der Waals surface area (Å²) in [6.45, 7) is 2.54.